The topological polar surface area (TPSA) is 83.1 Å². The fourth-order valence-corrected chi connectivity index (χ4v) is 3.54. The van der Waals surface area contributed by atoms with E-state index >= 15 is 0 Å². The predicted octanol–water partition coefficient (Wildman–Crippen LogP) is 4.66. The van der Waals surface area contributed by atoms with Gasteiger partial charge < -0.3 is 0 Å². The molecule has 6 nitrogen and oxygen atoms in total. The van der Waals surface area contributed by atoms with Gasteiger partial charge in [0.1, 0.15) is 11.6 Å². The molecule has 1 amide bonds. The van der Waals surface area contributed by atoms with E-state index in [1.54, 1.807) is 16.6 Å². The van der Waals surface area contributed by atoms with E-state index in [2.05, 4.69) is 15.4 Å². The molecular weight excluding hydrogens is 394 g/mol. The second kappa shape index (κ2) is 7.64. The van der Waals surface area contributed by atoms with Gasteiger partial charge in [0.05, 0.1) is 5.69 Å². The zero-order chi connectivity index (χ0) is 19.5. The number of carbonyl (C=O) groups is 1. The molecule has 0 fully saturated rings. The van der Waals surface area contributed by atoms with Crippen LogP contribution in [0.4, 0.5) is 5.95 Å². The van der Waals surface area contributed by atoms with Gasteiger partial charge in [-0.05, 0) is 23.8 Å². The van der Waals surface area contributed by atoms with Crippen LogP contribution in [0, 0.1) is 11.3 Å². The smallest absolute Gasteiger partial charge is 0.268 e. The van der Waals surface area contributed by atoms with E-state index in [1.165, 1.54) is 17.4 Å². The van der Waals surface area contributed by atoms with Gasteiger partial charge in [0.2, 0.25) is 4.96 Å². The molecule has 0 aliphatic rings. The van der Waals surface area contributed by atoms with E-state index in [0.717, 1.165) is 16.8 Å². The van der Waals surface area contributed by atoms with E-state index in [0.29, 0.717) is 9.98 Å². The second-order valence-electron chi connectivity index (χ2n) is 5.79. The van der Waals surface area contributed by atoms with E-state index in [-0.39, 0.29) is 11.5 Å². The van der Waals surface area contributed by atoms with Gasteiger partial charge in [-0.25, -0.2) is 4.52 Å². The van der Waals surface area contributed by atoms with E-state index < -0.39 is 5.91 Å². The minimum atomic E-state index is -0.558. The van der Waals surface area contributed by atoms with Crippen molar-refractivity contribution >= 4 is 45.8 Å². The molecule has 0 spiro atoms. The Balaban J connectivity index is 1.60. The number of halogens is 1. The van der Waals surface area contributed by atoms with Crippen molar-refractivity contribution in [3.63, 3.8) is 0 Å². The molecule has 0 bridgehead atoms. The highest BCUT2D eigenvalue weighted by Crippen LogP contribution is 2.27. The molecule has 2 aromatic carbocycles. The highest BCUT2D eigenvalue weighted by atomic mass is 35.5. The molecule has 4 aromatic rings. The van der Waals surface area contributed by atoms with Crippen LogP contribution in [-0.4, -0.2) is 20.5 Å². The summed E-state index contributed by atoms with van der Waals surface area (Å²) >= 11 is 7.35. The van der Waals surface area contributed by atoms with Crippen LogP contribution in [0.5, 0.6) is 0 Å². The summed E-state index contributed by atoms with van der Waals surface area (Å²) < 4.78 is 1.65. The number of nitriles is 1. The Morgan fingerprint density at radius 3 is 2.64 bits per heavy atom. The molecule has 0 aliphatic carbocycles. The minimum absolute atomic E-state index is 0.0257. The zero-order valence-electron chi connectivity index (χ0n) is 14.3. The lowest BCUT2D eigenvalue weighted by Gasteiger charge is -2.00. The number of nitrogens with zero attached hydrogens (tertiary/aromatic N) is 4. The van der Waals surface area contributed by atoms with Crippen LogP contribution in [0.2, 0.25) is 5.02 Å². The average molecular weight is 406 g/mol. The van der Waals surface area contributed by atoms with Crippen LogP contribution in [0.15, 0.2) is 65.6 Å². The Kier molecular flexibility index (Phi) is 4.89. The van der Waals surface area contributed by atoms with Crippen molar-refractivity contribution in [3.8, 4) is 17.3 Å². The van der Waals surface area contributed by atoms with E-state index in [4.69, 9.17) is 11.6 Å². The number of benzene rings is 2. The van der Waals surface area contributed by atoms with Crippen molar-refractivity contribution in [3.05, 3.63) is 76.1 Å². The first-order chi connectivity index (χ1) is 13.6. The summed E-state index contributed by atoms with van der Waals surface area (Å²) in [4.78, 5) is 17.4. The van der Waals surface area contributed by atoms with Gasteiger partial charge in [0.15, 0.2) is 0 Å². The molecule has 136 valence electrons. The largest absolute Gasteiger partial charge is 0.288 e. The van der Waals surface area contributed by atoms with Gasteiger partial charge in [-0.15, -0.1) is 16.4 Å². The summed E-state index contributed by atoms with van der Waals surface area (Å²) in [5.74, 6) is -0.418. The standard InChI is InChI=1S/C20H12ClN5OS/c21-16-8-6-14(7-9-16)17-12-28-20-24-19(25-26(17)20)23-18(27)15(11-22)10-13-4-2-1-3-5-13/h1-10,12H,(H,23,25,27)/b15-10+. The van der Waals surface area contributed by atoms with Crippen LogP contribution in [0.25, 0.3) is 22.3 Å². The third kappa shape index (κ3) is 3.64. The molecule has 0 saturated heterocycles. The molecule has 2 aromatic heterocycles. The molecule has 2 heterocycles. The zero-order valence-corrected chi connectivity index (χ0v) is 15.9. The van der Waals surface area contributed by atoms with Crippen LogP contribution >= 0.6 is 22.9 Å². The number of anilines is 1. The Bertz CT molecular complexity index is 1220. The Labute approximate surface area is 169 Å². The normalized spacial score (nSPS) is 11.4. The number of carbonyl (C=O) groups excluding carboxylic acids is 1. The van der Waals surface area contributed by atoms with Gasteiger partial charge in [-0.1, -0.05) is 54.1 Å². The summed E-state index contributed by atoms with van der Waals surface area (Å²) in [6.45, 7) is 0. The molecule has 1 N–H and O–H groups in total. The second-order valence-corrected chi connectivity index (χ2v) is 7.07. The average Bonchev–Trinajstić information content (AvgIpc) is 3.28. The van der Waals surface area contributed by atoms with Crippen molar-refractivity contribution < 1.29 is 4.79 Å². The Morgan fingerprint density at radius 1 is 1.18 bits per heavy atom. The fraction of sp³-hybridized carbons (Fsp3) is 0. The quantitative estimate of drug-likeness (QED) is 0.395. The van der Waals surface area contributed by atoms with Crippen molar-refractivity contribution in [1.29, 1.82) is 5.26 Å². The van der Waals surface area contributed by atoms with Gasteiger partial charge >= 0.3 is 0 Å². The molecule has 0 unspecified atom stereocenters. The van der Waals surface area contributed by atoms with Crippen LogP contribution in [-0.2, 0) is 4.79 Å². The van der Waals surface area contributed by atoms with Crippen molar-refractivity contribution in [1.82, 2.24) is 14.6 Å². The van der Waals surface area contributed by atoms with Crippen molar-refractivity contribution in [2.24, 2.45) is 0 Å². The summed E-state index contributed by atoms with van der Waals surface area (Å²) in [5, 5.41) is 18.8. The fourth-order valence-electron chi connectivity index (χ4n) is 2.59. The number of hydrogen-bond donors (Lipinski definition) is 1. The first-order valence-corrected chi connectivity index (χ1v) is 9.48. The maximum Gasteiger partial charge on any atom is 0.268 e. The predicted molar refractivity (Wildman–Crippen MR) is 110 cm³/mol. The summed E-state index contributed by atoms with van der Waals surface area (Å²) in [6.07, 6.45) is 1.52. The van der Waals surface area contributed by atoms with Crippen LogP contribution in [0.3, 0.4) is 0 Å². The van der Waals surface area contributed by atoms with Crippen LogP contribution < -0.4 is 5.32 Å². The number of fused-ring (bicyclic) bond motifs is 1. The first-order valence-electron chi connectivity index (χ1n) is 8.22. The van der Waals surface area contributed by atoms with Crippen LogP contribution in [0.1, 0.15) is 5.56 Å². The molecule has 4 rings (SSSR count). The number of aromatic nitrogens is 3. The molecular formula is C20H12ClN5OS. The number of hydrogen-bond acceptors (Lipinski definition) is 5. The number of amides is 1. The van der Waals surface area contributed by atoms with E-state index in [9.17, 15) is 10.1 Å². The molecule has 0 radical (unpaired) electrons. The summed E-state index contributed by atoms with van der Waals surface area (Å²) in [6, 6.07) is 18.5. The molecule has 0 atom stereocenters. The molecule has 8 heteroatoms. The van der Waals surface area contributed by atoms with E-state index in [1.807, 2.05) is 53.9 Å². The number of thiazole rings is 1. The summed E-state index contributed by atoms with van der Waals surface area (Å²) in [5.41, 5.74) is 2.51. The summed E-state index contributed by atoms with van der Waals surface area (Å²) in [7, 11) is 0. The molecule has 0 saturated carbocycles. The van der Waals surface area contributed by atoms with Crippen molar-refractivity contribution in [2.75, 3.05) is 5.32 Å². The lowest BCUT2D eigenvalue weighted by molar-refractivity contribution is -0.112. The first kappa shape index (κ1) is 17.9. The van der Waals surface area contributed by atoms with Gasteiger partial charge in [-0.2, -0.15) is 10.2 Å². The van der Waals surface area contributed by atoms with Crippen molar-refractivity contribution in [2.45, 2.75) is 0 Å². The maximum atomic E-state index is 12.4. The monoisotopic (exact) mass is 405 g/mol. The maximum absolute atomic E-state index is 12.4. The Morgan fingerprint density at radius 2 is 1.93 bits per heavy atom. The molecule has 28 heavy (non-hydrogen) atoms. The van der Waals surface area contributed by atoms with Gasteiger partial charge in [-0.3, -0.25) is 10.1 Å². The van der Waals surface area contributed by atoms with Gasteiger partial charge in [0.25, 0.3) is 11.9 Å². The van der Waals surface area contributed by atoms with Gasteiger partial charge in [0, 0.05) is 16.0 Å². The third-order valence-corrected chi connectivity index (χ3v) is 4.99. The lowest BCUT2D eigenvalue weighted by Crippen LogP contribution is -2.14. The SMILES string of the molecule is N#C/C(=C\c1ccccc1)C(=O)Nc1nc2scc(-c3ccc(Cl)cc3)n2n1. The Hall–Kier alpha value is -3.47. The highest BCUT2D eigenvalue weighted by Gasteiger charge is 2.15. The molecule has 0 aliphatic heterocycles. The number of nitrogens with one attached hydrogen (secondary N) is 1. The number of rotatable bonds is 4. The minimum Gasteiger partial charge on any atom is -0.288 e. The highest BCUT2D eigenvalue weighted by molar-refractivity contribution is 7.15. The third-order valence-electron chi connectivity index (χ3n) is 3.92. The lowest BCUT2D eigenvalue weighted by atomic mass is 10.1.